The fourth-order valence-corrected chi connectivity index (χ4v) is 5.20. The molecule has 1 aliphatic carbocycles. The molecule has 1 saturated heterocycles. The van der Waals surface area contributed by atoms with Crippen molar-refractivity contribution in [3.63, 3.8) is 0 Å². The average Bonchev–Trinajstić information content (AvgIpc) is 3.34. The molecule has 8 heteroatoms. The monoisotopic (exact) mass is 543 g/mol. The normalized spacial score (nSPS) is 17.5. The van der Waals surface area contributed by atoms with E-state index in [4.69, 9.17) is 25.6 Å². The van der Waals surface area contributed by atoms with Crippen LogP contribution in [0.4, 0.5) is 4.79 Å². The molecule has 3 aromatic carbocycles. The van der Waals surface area contributed by atoms with Gasteiger partial charge in [0.05, 0.1) is 16.2 Å². The number of carbonyl (C=O) groups excluding carboxylic acids is 2. The first-order chi connectivity index (χ1) is 18.6. The number of halogens is 1. The fourth-order valence-electron chi connectivity index (χ4n) is 4.96. The lowest BCUT2D eigenvalue weighted by molar-refractivity contribution is 0.00578. The van der Waals surface area contributed by atoms with Crippen LogP contribution in [-0.4, -0.2) is 43.9 Å². The summed E-state index contributed by atoms with van der Waals surface area (Å²) in [6, 6.07) is 21.6. The van der Waals surface area contributed by atoms with E-state index >= 15 is 0 Å². The summed E-state index contributed by atoms with van der Waals surface area (Å²) in [5, 5.41) is 3.21. The third kappa shape index (κ3) is 5.39. The zero-order valence-corrected chi connectivity index (χ0v) is 23.2. The minimum atomic E-state index is -0.687. The lowest BCUT2D eigenvalue weighted by Crippen LogP contribution is -2.41. The van der Waals surface area contributed by atoms with Crippen LogP contribution in [0.3, 0.4) is 0 Å². The number of hydrogen-bond donors (Lipinski definition) is 1. The van der Waals surface area contributed by atoms with Crippen molar-refractivity contribution >= 4 is 37.2 Å². The highest BCUT2D eigenvalue weighted by atomic mass is 35.5. The van der Waals surface area contributed by atoms with Crippen molar-refractivity contribution in [2.45, 2.75) is 44.8 Å². The molecule has 1 fully saturated rings. The molecule has 0 atom stereocenters. The molecule has 1 amide bonds. The van der Waals surface area contributed by atoms with Crippen molar-refractivity contribution in [3.8, 4) is 11.1 Å². The Kier molecular flexibility index (Phi) is 7.42. The van der Waals surface area contributed by atoms with Crippen LogP contribution in [0.1, 0.15) is 60.7 Å². The third-order valence-corrected chi connectivity index (χ3v) is 8.17. The van der Waals surface area contributed by atoms with Crippen molar-refractivity contribution in [1.82, 2.24) is 5.32 Å². The van der Waals surface area contributed by atoms with Gasteiger partial charge in [0.15, 0.2) is 6.29 Å². The number of benzene rings is 3. The van der Waals surface area contributed by atoms with Gasteiger partial charge < -0.3 is 19.4 Å². The molecule has 2 aliphatic rings. The number of rotatable bonds is 7. The number of nitrogens with one attached hydrogen (secondary N) is 1. The summed E-state index contributed by atoms with van der Waals surface area (Å²) in [7, 11) is -0.687. The molecule has 1 aliphatic heterocycles. The highest BCUT2D eigenvalue weighted by molar-refractivity contribution is 6.56. The number of ether oxygens (including phenoxy) is 1. The van der Waals surface area contributed by atoms with Gasteiger partial charge in [-0.15, -0.1) is 0 Å². The van der Waals surface area contributed by atoms with Crippen LogP contribution in [-0.2, 0) is 14.0 Å². The van der Waals surface area contributed by atoms with E-state index in [1.165, 1.54) is 11.1 Å². The van der Waals surface area contributed by atoms with Crippen LogP contribution in [0.25, 0.3) is 17.2 Å². The Balaban J connectivity index is 1.31. The Morgan fingerprint density at radius 2 is 1.56 bits per heavy atom. The predicted octanol–water partition coefficient (Wildman–Crippen LogP) is 6.71. The molecule has 3 aromatic rings. The third-order valence-electron chi connectivity index (χ3n) is 7.84. The summed E-state index contributed by atoms with van der Waals surface area (Å²) >= 11 is 6.25. The molecule has 6 nitrogen and oxygen atoms in total. The number of alkyl carbamates (subject to hydrolysis) is 1. The van der Waals surface area contributed by atoms with E-state index in [-0.39, 0.29) is 19.1 Å². The van der Waals surface area contributed by atoms with Gasteiger partial charge in [-0.1, -0.05) is 72.3 Å². The number of carbonyl (C=O) groups is 2. The predicted molar refractivity (Wildman–Crippen MR) is 154 cm³/mol. The SMILES string of the molecule is CC1(C)OB(C(=Cc2ccc(C=O)c(Cl)c2)CNC(=O)OCC2c3ccccc3-c3ccccc32)OC1(C)C. The minimum Gasteiger partial charge on any atom is -0.449 e. The summed E-state index contributed by atoms with van der Waals surface area (Å²) in [6.07, 6.45) is 2.03. The molecule has 200 valence electrons. The molecule has 1 heterocycles. The lowest BCUT2D eigenvalue weighted by Gasteiger charge is -2.32. The van der Waals surface area contributed by atoms with Gasteiger partial charge in [0.25, 0.3) is 0 Å². The second-order valence-corrected chi connectivity index (χ2v) is 11.3. The van der Waals surface area contributed by atoms with Crippen molar-refractivity contribution in [3.05, 3.63) is 99.5 Å². The first-order valence-electron chi connectivity index (χ1n) is 13.0. The molecule has 0 radical (unpaired) electrons. The van der Waals surface area contributed by atoms with E-state index < -0.39 is 24.4 Å². The maximum Gasteiger partial charge on any atom is 0.492 e. The van der Waals surface area contributed by atoms with E-state index in [0.717, 1.165) is 16.7 Å². The van der Waals surface area contributed by atoms with Crippen LogP contribution in [0, 0.1) is 0 Å². The largest absolute Gasteiger partial charge is 0.492 e. The number of fused-ring (bicyclic) bond motifs is 3. The van der Waals surface area contributed by atoms with Crippen molar-refractivity contribution in [2.75, 3.05) is 13.2 Å². The van der Waals surface area contributed by atoms with Crippen molar-refractivity contribution < 1.29 is 23.6 Å². The summed E-state index contributed by atoms with van der Waals surface area (Å²) in [6.45, 7) is 8.25. The highest BCUT2D eigenvalue weighted by Gasteiger charge is 2.52. The van der Waals surface area contributed by atoms with E-state index in [2.05, 4.69) is 29.6 Å². The van der Waals surface area contributed by atoms with Crippen LogP contribution in [0.2, 0.25) is 5.02 Å². The molecule has 39 heavy (non-hydrogen) atoms. The van der Waals surface area contributed by atoms with Gasteiger partial charge in [0.1, 0.15) is 6.61 Å². The van der Waals surface area contributed by atoms with Crippen LogP contribution in [0.5, 0.6) is 0 Å². The number of aldehydes is 1. The summed E-state index contributed by atoms with van der Waals surface area (Å²) in [4.78, 5) is 24.1. The van der Waals surface area contributed by atoms with Gasteiger partial charge >= 0.3 is 13.2 Å². The van der Waals surface area contributed by atoms with Gasteiger partial charge in [0, 0.05) is 18.0 Å². The Morgan fingerprint density at radius 1 is 0.974 bits per heavy atom. The van der Waals surface area contributed by atoms with E-state index in [1.807, 2.05) is 58.0 Å². The Bertz CT molecular complexity index is 1390. The van der Waals surface area contributed by atoms with Crippen LogP contribution in [0.15, 0.2) is 72.2 Å². The smallest absolute Gasteiger partial charge is 0.449 e. The van der Waals surface area contributed by atoms with Gasteiger partial charge in [-0.2, -0.15) is 0 Å². The maximum absolute atomic E-state index is 12.9. The number of amides is 1. The van der Waals surface area contributed by atoms with Gasteiger partial charge in [-0.3, -0.25) is 4.79 Å². The highest BCUT2D eigenvalue weighted by Crippen LogP contribution is 2.44. The van der Waals surface area contributed by atoms with Gasteiger partial charge in [-0.25, -0.2) is 4.79 Å². The lowest BCUT2D eigenvalue weighted by atomic mass is 9.77. The standard InChI is InChI=1S/C31H31BClNO5/c1-30(2)31(3,4)39-32(38-30)22(15-20-13-14-21(18-35)28(33)16-20)17-34-29(36)37-19-27-25-11-7-5-9-23(25)24-10-6-8-12-26(24)27/h5-16,18,27H,17,19H2,1-4H3,(H,34,36). The first kappa shape index (κ1) is 27.2. The second kappa shape index (κ2) is 10.6. The maximum atomic E-state index is 12.9. The summed E-state index contributed by atoms with van der Waals surface area (Å²) in [5.41, 5.74) is 5.39. The zero-order chi connectivity index (χ0) is 27.8. The quantitative estimate of drug-likeness (QED) is 0.265. The van der Waals surface area contributed by atoms with Gasteiger partial charge in [0.2, 0.25) is 0 Å². The first-order valence-corrected chi connectivity index (χ1v) is 13.4. The molecule has 0 unspecified atom stereocenters. The topological polar surface area (TPSA) is 73.9 Å². The average molecular weight is 544 g/mol. The Hall–Kier alpha value is -3.39. The second-order valence-electron chi connectivity index (χ2n) is 10.9. The molecule has 0 bridgehead atoms. The summed E-state index contributed by atoms with van der Waals surface area (Å²) in [5.74, 6) is -0.0280. The molecule has 1 N–H and O–H groups in total. The van der Waals surface area contributed by atoms with E-state index in [9.17, 15) is 9.59 Å². The zero-order valence-electron chi connectivity index (χ0n) is 22.5. The van der Waals surface area contributed by atoms with Crippen molar-refractivity contribution in [2.24, 2.45) is 0 Å². The molecular formula is C31H31BClNO5. The van der Waals surface area contributed by atoms with E-state index in [1.54, 1.807) is 18.2 Å². The minimum absolute atomic E-state index is 0.0280. The van der Waals surface area contributed by atoms with Gasteiger partial charge in [-0.05, 0) is 73.1 Å². The van der Waals surface area contributed by atoms with E-state index in [0.29, 0.717) is 22.3 Å². The fraction of sp³-hybridized carbons (Fsp3) is 0.290. The molecule has 0 spiro atoms. The summed E-state index contributed by atoms with van der Waals surface area (Å²) < 4.78 is 18.2. The van der Waals surface area contributed by atoms with Crippen LogP contribution >= 0.6 is 11.6 Å². The number of hydrogen-bond acceptors (Lipinski definition) is 5. The molecule has 0 aromatic heterocycles. The molecule has 5 rings (SSSR count). The van der Waals surface area contributed by atoms with Crippen molar-refractivity contribution in [1.29, 1.82) is 0 Å². The Morgan fingerprint density at radius 3 is 2.13 bits per heavy atom. The molecular weight excluding hydrogens is 513 g/mol. The van der Waals surface area contributed by atoms with Crippen LogP contribution < -0.4 is 5.32 Å². The Labute approximate surface area is 234 Å². The molecule has 0 saturated carbocycles.